The molecule has 34 heavy (non-hydrogen) atoms. The summed E-state index contributed by atoms with van der Waals surface area (Å²) >= 11 is 0. The number of amides is 4. The minimum absolute atomic E-state index is 0.131. The molecule has 7 nitrogen and oxygen atoms in total. The van der Waals surface area contributed by atoms with Crippen LogP contribution < -0.4 is 5.32 Å². The highest BCUT2D eigenvalue weighted by molar-refractivity contribution is 6.21. The Hall–Kier alpha value is -3.48. The van der Waals surface area contributed by atoms with Crippen molar-refractivity contribution in [3.05, 3.63) is 70.8 Å². The molecule has 0 saturated heterocycles. The number of carbonyl (C=O) groups excluding carboxylic acids is 4. The molecule has 2 aromatic rings. The second kappa shape index (κ2) is 11.6. The average Bonchev–Trinajstić information content (AvgIpc) is 3.08. The molecule has 0 aliphatic carbocycles. The van der Waals surface area contributed by atoms with Crippen LogP contribution in [0.25, 0.3) is 0 Å². The highest BCUT2D eigenvalue weighted by Gasteiger charge is 2.35. The minimum Gasteiger partial charge on any atom is -0.354 e. The van der Waals surface area contributed by atoms with Crippen molar-refractivity contribution in [2.24, 2.45) is 0 Å². The van der Waals surface area contributed by atoms with Gasteiger partial charge in [-0.15, -0.1) is 0 Å². The Morgan fingerprint density at radius 3 is 2.21 bits per heavy atom. The molecule has 0 unspecified atom stereocenters. The maximum atomic E-state index is 13.2. The Labute approximate surface area is 201 Å². The van der Waals surface area contributed by atoms with E-state index in [1.165, 1.54) is 4.90 Å². The van der Waals surface area contributed by atoms with E-state index in [1.54, 1.807) is 36.1 Å². The Bertz CT molecular complexity index is 1030. The topological polar surface area (TPSA) is 86.8 Å². The number of hydrogen-bond acceptors (Lipinski definition) is 4. The highest BCUT2D eigenvalue weighted by Crippen LogP contribution is 2.23. The zero-order chi connectivity index (χ0) is 24.7. The summed E-state index contributed by atoms with van der Waals surface area (Å²) in [6, 6.07) is 13.9. The summed E-state index contributed by atoms with van der Waals surface area (Å²) in [6.07, 6.45) is 2.31. The summed E-state index contributed by atoms with van der Waals surface area (Å²) in [6.45, 7) is 6.83. The number of imide groups is 1. The summed E-state index contributed by atoms with van der Waals surface area (Å²) < 4.78 is 0. The van der Waals surface area contributed by atoms with Gasteiger partial charge in [-0.05, 0) is 49.9 Å². The molecule has 180 valence electrons. The first-order valence-corrected chi connectivity index (χ1v) is 11.9. The first-order chi connectivity index (χ1) is 16.3. The van der Waals surface area contributed by atoms with Crippen molar-refractivity contribution in [1.29, 1.82) is 0 Å². The van der Waals surface area contributed by atoms with E-state index in [4.69, 9.17) is 0 Å². The first-order valence-electron chi connectivity index (χ1n) is 11.9. The van der Waals surface area contributed by atoms with Crippen molar-refractivity contribution in [2.75, 3.05) is 13.1 Å². The summed E-state index contributed by atoms with van der Waals surface area (Å²) in [5.74, 6) is -1.02. The van der Waals surface area contributed by atoms with Crippen LogP contribution in [0.1, 0.15) is 71.4 Å². The highest BCUT2D eigenvalue weighted by atomic mass is 16.2. The number of benzene rings is 2. The number of aryl methyl sites for hydroxylation is 1. The number of nitrogens with one attached hydrogen (secondary N) is 1. The third-order valence-electron chi connectivity index (χ3n) is 6.25. The van der Waals surface area contributed by atoms with E-state index in [9.17, 15) is 19.2 Å². The molecule has 0 aromatic heterocycles. The monoisotopic (exact) mass is 463 g/mol. The van der Waals surface area contributed by atoms with Gasteiger partial charge in [-0.2, -0.15) is 0 Å². The maximum Gasteiger partial charge on any atom is 0.261 e. The average molecular weight is 464 g/mol. The van der Waals surface area contributed by atoms with E-state index >= 15 is 0 Å². The van der Waals surface area contributed by atoms with Crippen molar-refractivity contribution in [3.63, 3.8) is 0 Å². The quantitative estimate of drug-likeness (QED) is 0.407. The molecular weight excluding hydrogens is 430 g/mol. The molecule has 0 radical (unpaired) electrons. The third kappa shape index (κ3) is 5.71. The van der Waals surface area contributed by atoms with E-state index in [0.29, 0.717) is 30.6 Å². The second-order valence-corrected chi connectivity index (χ2v) is 8.68. The molecule has 3 rings (SSSR count). The third-order valence-corrected chi connectivity index (χ3v) is 6.25. The summed E-state index contributed by atoms with van der Waals surface area (Å²) in [4.78, 5) is 53.9. The molecule has 0 fully saturated rings. The van der Waals surface area contributed by atoms with E-state index < -0.39 is 6.04 Å². The standard InChI is InChI=1S/C27H33N3O4/c1-4-5-16-28-25(32)20(3)30(18-21-12-7-6-11-19(21)2)24(31)15-10-17-29-26(33)22-13-8-9-14-23(22)27(29)34/h6-9,11-14,20H,4-5,10,15-18H2,1-3H3,(H,28,32)/t20-/m1/s1. The Kier molecular flexibility index (Phi) is 8.57. The number of unbranched alkanes of at least 4 members (excludes halogenated alkanes) is 1. The largest absolute Gasteiger partial charge is 0.354 e. The van der Waals surface area contributed by atoms with Gasteiger partial charge in [-0.1, -0.05) is 49.7 Å². The summed E-state index contributed by atoms with van der Waals surface area (Å²) in [5, 5.41) is 2.91. The molecule has 4 amide bonds. The van der Waals surface area contributed by atoms with Crippen molar-refractivity contribution in [3.8, 4) is 0 Å². The van der Waals surface area contributed by atoms with Crippen LogP contribution in [0.2, 0.25) is 0 Å². The molecule has 0 saturated carbocycles. The van der Waals surface area contributed by atoms with Crippen molar-refractivity contribution in [2.45, 2.75) is 59.0 Å². The fraction of sp³-hybridized carbons (Fsp3) is 0.407. The second-order valence-electron chi connectivity index (χ2n) is 8.68. The van der Waals surface area contributed by atoms with Crippen molar-refractivity contribution < 1.29 is 19.2 Å². The normalized spacial score (nSPS) is 13.6. The van der Waals surface area contributed by atoms with Gasteiger partial charge >= 0.3 is 0 Å². The number of carbonyl (C=O) groups is 4. The van der Waals surface area contributed by atoms with Gasteiger partial charge in [0.05, 0.1) is 11.1 Å². The molecule has 0 bridgehead atoms. The Balaban J connectivity index is 1.66. The van der Waals surface area contributed by atoms with Gasteiger partial charge in [-0.3, -0.25) is 24.1 Å². The van der Waals surface area contributed by atoms with Gasteiger partial charge in [0.15, 0.2) is 0 Å². The Morgan fingerprint density at radius 2 is 1.59 bits per heavy atom. The van der Waals surface area contributed by atoms with Gasteiger partial charge in [0.25, 0.3) is 11.8 Å². The van der Waals surface area contributed by atoms with Gasteiger partial charge < -0.3 is 10.2 Å². The maximum absolute atomic E-state index is 13.2. The van der Waals surface area contributed by atoms with Crippen LogP contribution >= 0.6 is 0 Å². The van der Waals surface area contributed by atoms with Crippen LogP contribution in [0, 0.1) is 6.92 Å². The zero-order valence-electron chi connectivity index (χ0n) is 20.2. The smallest absolute Gasteiger partial charge is 0.261 e. The van der Waals surface area contributed by atoms with E-state index in [-0.39, 0.29) is 36.6 Å². The predicted octanol–water partition coefficient (Wildman–Crippen LogP) is 3.70. The van der Waals surface area contributed by atoms with Gasteiger partial charge in [0.1, 0.15) is 6.04 Å². The molecular formula is C27H33N3O4. The predicted molar refractivity (Wildman–Crippen MR) is 130 cm³/mol. The van der Waals surface area contributed by atoms with Crippen LogP contribution in [-0.4, -0.2) is 52.6 Å². The number of fused-ring (bicyclic) bond motifs is 1. The first kappa shape index (κ1) is 25.1. The molecule has 1 atom stereocenters. The fourth-order valence-electron chi connectivity index (χ4n) is 4.06. The van der Waals surface area contributed by atoms with E-state index in [2.05, 4.69) is 12.2 Å². The van der Waals surface area contributed by atoms with Gasteiger partial charge in [-0.25, -0.2) is 0 Å². The van der Waals surface area contributed by atoms with Crippen LogP contribution in [0.3, 0.4) is 0 Å². The van der Waals surface area contributed by atoms with Crippen LogP contribution in [-0.2, 0) is 16.1 Å². The SMILES string of the molecule is CCCCNC(=O)[C@@H](C)N(Cc1ccccc1C)C(=O)CCCN1C(=O)c2ccccc2C1=O. The van der Waals surface area contributed by atoms with Gasteiger partial charge in [0, 0.05) is 26.1 Å². The minimum atomic E-state index is -0.636. The lowest BCUT2D eigenvalue weighted by Crippen LogP contribution is -2.48. The molecule has 1 aliphatic heterocycles. The number of hydrogen-bond donors (Lipinski definition) is 1. The zero-order valence-corrected chi connectivity index (χ0v) is 20.2. The Morgan fingerprint density at radius 1 is 0.971 bits per heavy atom. The lowest BCUT2D eigenvalue weighted by atomic mass is 10.1. The van der Waals surface area contributed by atoms with Gasteiger partial charge in [0.2, 0.25) is 11.8 Å². The molecule has 1 aliphatic rings. The summed E-state index contributed by atoms with van der Waals surface area (Å²) in [7, 11) is 0. The molecule has 0 spiro atoms. The van der Waals surface area contributed by atoms with E-state index in [1.807, 2.05) is 31.2 Å². The van der Waals surface area contributed by atoms with Crippen molar-refractivity contribution in [1.82, 2.24) is 15.1 Å². The van der Waals surface area contributed by atoms with Crippen LogP contribution in [0.4, 0.5) is 0 Å². The number of rotatable bonds is 11. The molecule has 2 aromatic carbocycles. The summed E-state index contributed by atoms with van der Waals surface area (Å²) in [5.41, 5.74) is 2.82. The molecule has 1 N–H and O–H groups in total. The fourth-order valence-corrected chi connectivity index (χ4v) is 4.06. The van der Waals surface area contributed by atoms with Crippen LogP contribution in [0.5, 0.6) is 0 Å². The number of nitrogens with zero attached hydrogens (tertiary/aromatic N) is 2. The lowest BCUT2D eigenvalue weighted by Gasteiger charge is -2.29. The molecule has 7 heteroatoms. The van der Waals surface area contributed by atoms with Crippen molar-refractivity contribution >= 4 is 23.6 Å². The van der Waals surface area contributed by atoms with E-state index in [0.717, 1.165) is 24.0 Å². The lowest BCUT2D eigenvalue weighted by molar-refractivity contribution is -0.140. The molecule has 1 heterocycles. The van der Waals surface area contributed by atoms with Crippen LogP contribution in [0.15, 0.2) is 48.5 Å².